The maximum absolute atomic E-state index is 13.5. The number of furan rings is 1. The molecule has 1 aliphatic rings. The van der Waals surface area contributed by atoms with Crippen LogP contribution in [0.1, 0.15) is 34.3 Å². The van der Waals surface area contributed by atoms with Crippen molar-refractivity contribution >= 4 is 17.7 Å². The van der Waals surface area contributed by atoms with Gasteiger partial charge >= 0.3 is 0 Å². The van der Waals surface area contributed by atoms with Gasteiger partial charge in [0.1, 0.15) is 18.2 Å². The number of thioether (sulfide) groups is 1. The van der Waals surface area contributed by atoms with Gasteiger partial charge in [-0.2, -0.15) is 0 Å². The van der Waals surface area contributed by atoms with Gasteiger partial charge in [-0.05, 0) is 42.3 Å². The first-order chi connectivity index (χ1) is 10.7. The van der Waals surface area contributed by atoms with Gasteiger partial charge in [0.2, 0.25) is 0 Å². The summed E-state index contributed by atoms with van der Waals surface area (Å²) >= 11 is 1.68. The van der Waals surface area contributed by atoms with Crippen molar-refractivity contribution in [2.24, 2.45) is 0 Å². The summed E-state index contributed by atoms with van der Waals surface area (Å²) in [5, 5.41) is 2.92. The zero-order valence-electron chi connectivity index (χ0n) is 12.1. The van der Waals surface area contributed by atoms with E-state index in [9.17, 15) is 9.18 Å². The molecule has 1 N–H and O–H groups in total. The lowest BCUT2D eigenvalue weighted by Crippen LogP contribution is -2.30. The summed E-state index contributed by atoms with van der Waals surface area (Å²) in [5.41, 5.74) is 0.827. The average molecular weight is 321 g/mol. The zero-order chi connectivity index (χ0) is 15.5. The number of carbonyl (C=O) groups is 1. The summed E-state index contributed by atoms with van der Waals surface area (Å²) < 4.78 is 23.8. The van der Waals surface area contributed by atoms with Crippen molar-refractivity contribution in [1.82, 2.24) is 5.32 Å². The normalized spacial score (nSPS) is 17.1. The fourth-order valence-corrected chi connectivity index (χ4v) is 3.57. The highest BCUT2D eigenvalue weighted by molar-refractivity contribution is 7.99. The third-order valence-corrected chi connectivity index (χ3v) is 4.61. The van der Waals surface area contributed by atoms with Crippen molar-refractivity contribution in [2.45, 2.75) is 24.0 Å². The first kappa shape index (κ1) is 15.1. The van der Waals surface area contributed by atoms with Crippen molar-refractivity contribution in [2.75, 3.05) is 12.9 Å². The third-order valence-electron chi connectivity index (χ3n) is 3.49. The molecular weight excluding hydrogens is 305 g/mol. The fourth-order valence-electron chi connectivity index (χ4n) is 2.46. The molecule has 0 aliphatic carbocycles. The Morgan fingerprint density at radius 3 is 3.14 bits per heavy atom. The van der Waals surface area contributed by atoms with Crippen LogP contribution in [0.2, 0.25) is 0 Å². The molecule has 22 heavy (non-hydrogen) atoms. The highest BCUT2D eigenvalue weighted by Crippen LogP contribution is 2.36. The van der Waals surface area contributed by atoms with Crippen molar-refractivity contribution < 1.29 is 18.3 Å². The van der Waals surface area contributed by atoms with E-state index in [1.54, 1.807) is 37.1 Å². The number of hydrogen-bond acceptors (Lipinski definition) is 4. The van der Waals surface area contributed by atoms with Gasteiger partial charge < -0.3 is 14.5 Å². The van der Waals surface area contributed by atoms with Crippen molar-refractivity contribution in [1.29, 1.82) is 0 Å². The summed E-state index contributed by atoms with van der Waals surface area (Å²) in [6.45, 7) is 0.321. The molecule has 0 saturated heterocycles. The monoisotopic (exact) mass is 321 g/mol. The maximum Gasteiger partial charge on any atom is 0.287 e. The predicted molar refractivity (Wildman–Crippen MR) is 81.4 cm³/mol. The summed E-state index contributed by atoms with van der Waals surface area (Å²) in [7, 11) is 1.56. The Bertz CT molecular complexity index is 686. The van der Waals surface area contributed by atoms with Crippen LogP contribution in [0.5, 0.6) is 0 Å². The largest absolute Gasteiger partial charge is 0.453 e. The lowest BCUT2D eigenvalue weighted by molar-refractivity contribution is 0.0898. The van der Waals surface area contributed by atoms with E-state index < -0.39 is 0 Å². The molecule has 1 aromatic carbocycles. The number of halogens is 1. The van der Waals surface area contributed by atoms with Gasteiger partial charge in [0.15, 0.2) is 5.76 Å². The number of methoxy groups -OCH3 is 1. The quantitative estimate of drug-likeness (QED) is 0.936. The van der Waals surface area contributed by atoms with Gasteiger partial charge in [-0.3, -0.25) is 4.79 Å². The Morgan fingerprint density at radius 1 is 1.45 bits per heavy atom. The van der Waals surface area contributed by atoms with Crippen molar-refractivity contribution in [3.05, 3.63) is 53.2 Å². The van der Waals surface area contributed by atoms with Gasteiger partial charge in [0, 0.05) is 17.8 Å². The molecule has 6 heteroatoms. The lowest BCUT2D eigenvalue weighted by atomic mass is 10.0. The number of amides is 1. The minimum atomic E-state index is -0.297. The highest BCUT2D eigenvalue weighted by atomic mass is 32.2. The van der Waals surface area contributed by atoms with Crippen molar-refractivity contribution in [3.63, 3.8) is 0 Å². The number of rotatable bonds is 4. The SMILES string of the molecule is COCc1ccc(C(=O)NC2CCSc3ccc(F)cc32)o1. The number of carbonyl (C=O) groups excluding carboxylic acids is 1. The molecule has 4 nitrogen and oxygen atoms in total. The average Bonchev–Trinajstić information content (AvgIpc) is 2.97. The Labute approximate surface area is 132 Å². The second kappa shape index (κ2) is 6.54. The van der Waals surface area contributed by atoms with E-state index in [-0.39, 0.29) is 23.5 Å². The molecule has 3 rings (SSSR count). The van der Waals surface area contributed by atoms with Gasteiger partial charge in [0.25, 0.3) is 5.91 Å². The molecule has 0 spiro atoms. The van der Waals surface area contributed by atoms with E-state index in [2.05, 4.69) is 5.32 Å². The van der Waals surface area contributed by atoms with Crippen LogP contribution >= 0.6 is 11.8 Å². The molecule has 116 valence electrons. The second-order valence-electron chi connectivity index (χ2n) is 5.04. The molecule has 0 fully saturated rings. The number of hydrogen-bond donors (Lipinski definition) is 1. The van der Waals surface area contributed by atoms with Gasteiger partial charge in [-0.15, -0.1) is 11.8 Å². The molecule has 1 aliphatic heterocycles. The predicted octanol–water partition coefficient (Wildman–Crippen LogP) is 3.53. The summed E-state index contributed by atoms with van der Waals surface area (Å²) in [6, 6.07) is 7.83. The Kier molecular flexibility index (Phi) is 4.49. The minimum Gasteiger partial charge on any atom is -0.453 e. The minimum absolute atomic E-state index is 0.199. The number of nitrogens with one attached hydrogen (secondary N) is 1. The van der Waals surface area contributed by atoms with Crippen molar-refractivity contribution in [3.8, 4) is 0 Å². The first-order valence-corrected chi connectivity index (χ1v) is 7.96. The molecule has 1 amide bonds. The van der Waals surface area contributed by atoms with E-state index >= 15 is 0 Å². The van der Waals surface area contributed by atoms with E-state index in [4.69, 9.17) is 9.15 Å². The smallest absolute Gasteiger partial charge is 0.287 e. The second-order valence-corrected chi connectivity index (χ2v) is 6.18. The van der Waals surface area contributed by atoms with E-state index in [1.807, 2.05) is 0 Å². The summed E-state index contributed by atoms with van der Waals surface area (Å²) in [4.78, 5) is 13.3. The van der Waals surface area contributed by atoms with Crippen LogP contribution in [0, 0.1) is 5.82 Å². The van der Waals surface area contributed by atoms with Crippen LogP contribution in [-0.4, -0.2) is 18.8 Å². The molecule has 0 saturated carbocycles. The topological polar surface area (TPSA) is 51.5 Å². The van der Waals surface area contributed by atoms with E-state index in [0.717, 1.165) is 22.6 Å². The van der Waals surface area contributed by atoms with Crippen LogP contribution in [0.25, 0.3) is 0 Å². The van der Waals surface area contributed by atoms with E-state index in [0.29, 0.717) is 12.4 Å². The summed E-state index contributed by atoms with van der Waals surface area (Å²) in [5.74, 6) is 1.13. The standard InChI is InChI=1S/C16H16FNO3S/c1-20-9-11-3-4-14(21-11)16(19)18-13-6-7-22-15-5-2-10(17)8-12(13)15/h2-5,8,13H,6-7,9H2,1H3,(H,18,19). The Hall–Kier alpha value is -1.79. The Balaban J connectivity index is 1.76. The highest BCUT2D eigenvalue weighted by Gasteiger charge is 2.24. The van der Waals surface area contributed by atoms with Crippen LogP contribution in [0.3, 0.4) is 0 Å². The van der Waals surface area contributed by atoms with Crippen LogP contribution in [0.15, 0.2) is 39.6 Å². The van der Waals surface area contributed by atoms with Gasteiger partial charge in [0.05, 0.1) is 6.04 Å². The molecule has 1 unspecified atom stereocenters. The van der Waals surface area contributed by atoms with Crippen LogP contribution in [-0.2, 0) is 11.3 Å². The molecule has 1 atom stereocenters. The molecular formula is C16H16FNO3S. The molecule has 2 aromatic rings. The van der Waals surface area contributed by atoms with Crippen LogP contribution in [0.4, 0.5) is 4.39 Å². The number of benzene rings is 1. The van der Waals surface area contributed by atoms with Gasteiger partial charge in [-0.25, -0.2) is 4.39 Å². The van der Waals surface area contributed by atoms with E-state index in [1.165, 1.54) is 12.1 Å². The lowest BCUT2D eigenvalue weighted by Gasteiger charge is -2.25. The number of ether oxygens (including phenoxy) is 1. The van der Waals surface area contributed by atoms with Gasteiger partial charge in [-0.1, -0.05) is 0 Å². The third kappa shape index (κ3) is 3.18. The number of fused-ring (bicyclic) bond motifs is 1. The molecule has 1 aromatic heterocycles. The molecule has 0 radical (unpaired) electrons. The summed E-state index contributed by atoms with van der Waals surface area (Å²) in [6.07, 6.45) is 0.762. The fraction of sp³-hybridized carbons (Fsp3) is 0.312. The Morgan fingerprint density at radius 2 is 2.32 bits per heavy atom. The van der Waals surface area contributed by atoms with Crippen LogP contribution < -0.4 is 5.32 Å². The zero-order valence-corrected chi connectivity index (χ0v) is 12.9. The molecule has 2 heterocycles. The maximum atomic E-state index is 13.5. The first-order valence-electron chi connectivity index (χ1n) is 6.98. The molecule has 0 bridgehead atoms.